The summed E-state index contributed by atoms with van der Waals surface area (Å²) in [6.45, 7) is 4.91. The van der Waals surface area contributed by atoms with Crippen LogP contribution in [-0.4, -0.2) is 17.8 Å². The van der Waals surface area contributed by atoms with E-state index in [0.29, 0.717) is 12.5 Å². The van der Waals surface area contributed by atoms with Gasteiger partial charge >= 0.3 is 0 Å². The first-order chi connectivity index (χ1) is 9.70. The van der Waals surface area contributed by atoms with E-state index >= 15 is 0 Å². The van der Waals surface area contributed by atoms with Gasteiger partial charge in [-0.2, -0.15) is 0 Å². The highest BCUT2D eigenvalue weighted by atomic mass is 16.3. The van der Waals surface area contributed by atoms with Crippen LogP contribution in [0.3, 0.4) is 0 Å². The first-order valence-electron chi connectivity index (χ1n) is 7.62. The Balaban J connectivity index is 1.77. The van der Waals surface area contributed by atoms with Crippen molar-refractivity contribution >= 4 is 11.0 Å². The molecule has 0 amide bonds. The zero-order chi connectivity index (χ0) is 14.1. The Morgan fingerprint density at radius 2 is 2.10 bits per heavy atom. The summed E-state index contributed by atoms with van der Waals surface area (Å²) in [5, 5.41) is 14.6. The lowest BCUT2D eigenvalue weighted by atomic mass is 10.0. The third-order valence-corrected chi connectivity index (χ3v) is 4.28. The molecular weight excluding hydrogens is 250 g/mol. The van der Waals surface area contributed by atoms with Crippen molar-refractivity contribution in [2.45, 2.75) is 45.3 Å². The minimum Gasteiger partial charge on any atom is -0.459 e. The van der Waals surface area contributed by atoms with Crippen LogP contribution in [0, 0.1) is 5.92 Å². The summed E-state index contributed by atoms with van der Waals surface area (Å²) in [5.74, 6) is 1.52. The Morgan fingerprint density at radius 1 is 1.35 bits per heavy atom. The normalized spacial score (nSPS) is 18.4. The van der Waals surface area contributed by atoms with Crippen molar-refractivity contribution < 1.29 is 9.52 Å². The molecule has 3 nitrogen and oxygen atoms in total. The molecule has 0 bridgehead atoms. The van der Waals surface area contributed by atoms with Gasteiger partial charge in [-0.1, -0.05) is 25.1 Å². The van der Waals surface area contributed by atoms with Crippen LogP contribution >= 0.6 is 0 Å². The quantitative estimate of drug-likeness (QED) is 0.847. The third-order valence-electron chi connectivity index (χ3n) is 4.28. The number of aliphatic hydroxyl groups excluding tert-OH is 1. The Kier molecular flexibility index (Phi) is 3.81. The smallest absolute Gasteiger partial charge is 0.134 e. The molecule has 2 N–H and O–H groups in total. The van der Waals surface area contributed by atoms with Gasteiger partial charge in [-0.25, -0.2) is 0 Å². The molecule has 2 atom stereocenters. The molecular formula is C17H23NO2. The van der Waals surface area contributed by atoms with E-state index in [1.807, 2.05) is 12.1 Å². The molecule has 0 aliphatic heterocycles. The lowest BCUT2D eigenvalue weighted by Gasteiger charge is -2.16. The van der Waals surface area contributed by atoms with Gasteiger partial charge in [0.25, 0.3) is 0 Å². The molecule has 0 spiro atoms. The fourth-order valence-corrected chi connectivity index (χ4v) is 2.87. The van der Waals surface area contributed by atoms with E-state index in [1.54, 1.807) is 0 Å². The number of para-hydroxylation sites is 1. The molecule has 0 radical (unpaired) electrons. The monoisotopic (exact) mass is 273 g/mol. The molecule has 1 aromatic carbocycles. The van der Waals surface area contributed by atoms with Crippen molar-refractivity contribution in [3.05, 3.63) is 35.6 Å². The van der Waals surface area contributed by atoms with E-state index < -0.39 is 0 Å². The van der Waals surface area contributed by atoms with Gasteiger partial charge in [0.15, 0.2) is 0 Å². The van der Waals surface area contributed by atoms with Crippen LogP contribution in [0.15, 0.2) is 28.7 Å². The van der Waals surface area contributed by atoms with Gasteiger partial charge in [-0.15, -0.1) is 0 Å². The molecule has 1 fully saturated rings. The SMILES string of the molecule is CCc1c(C(C)NCC(O)C2CC2)oc2ccccc12. The van der Waals surface area contributed by atoms with Crippen molar-refractivity contribution in [1.82, 2.24) is 5.32 Å². The van der Waals surface area contributed by atoms with Gasteiger partial charge in [0, 0.05) is 17.5 Å². The first-order valence-corrected chi connectivity index (χ1v) is 7.62. The first kappa shape index (κ1) is 13.7. The molecule has 2 unspecified atom stereocenters. The number of hydrogen-bond donors (Lipinski definition) is 2. The standard InChI is InChI=1S/C17H23NO2/c1-3-13-14-6-4-5-7-16(14)20-17(13)11(2)18-10-15(19)12-8-9-12/h4-7,11-12,15,18-19H,3,8-10H2,1-2H3. The van der Waals surface area contributed by atoms with Gasteiger partial charge in [0.2, 0.25) is 0 Å². The minimum absolute atomic E-state index is 0.130. The van der Waals surface area contributed by atoms with Crippen molar-refractivity contribution in [1.29, 1.82) is 0 Å². The number of nitrogens with one attached hydrogen (secondary N) is 1. The number of aliphatic hydroxyl groups is 1. The predicted octanol–water partition coefficient (Wildman–Crippen LogP) is 3.42. The summed E-state index contributed by atoms with van der Waals surface area (Å²) < 4.78 is 6.02. The number of furan rings is 1. The van der Waals surface area contributed by atoms with Crippen LogP contribution in [0.4, 0.5) is 0 Å². The second-order valence-corrected chi connectivity index (χ2v) is 5.83. The summed E-state index contributed by atoms with van der Waals surface area (Å²) in [6, 6.07) is 8.32. The topological polar surface area (TPSA) is 45.4 Å². The van der Waals surface area contributed by atoms with E-state index in [1.165, 1.54) is 23.8 Å². The van der Waals surface area contributed by atoms with Gasteiger partial charge < -0.3 is 14.8 Å². The molecule has 2 aromatic rings. The van der Waals surface area contributed by atoms with Crippen LogP contribution in [0.2, 0.25) is 0 Å². The highest BCUT2D eigenvalue weighted by Crippen LogP contribution is 2.33. The van der Waals surface area contributed by atoms with E-state index in [-0.39, 0.29) is 12.1 Å². The maximum atomic E-state index is 9.96. The van der Waals surface area contributed by atoms with Gasteiger partial charge in [0.1, 0.15) is 11.3 Å². The summed E-state index contributed by atoms with van der Waals surface area (Å²) >= 11 is 0. The highest BCUT2D eigenvalue weighted by molar-refractivity contribution is 5.82. The molecule has 3 heteroatoms. The summed E-state index contributed by atoms with van der Waals surface area (Å²) in [7, 11) is 0. The average Bonchev–Trinajstić information content (AvgIpc) is 3.24. The molecule has 3 rings (SSSR count). The summed E-state index contributed by atoms with van der Waals surface area (Å²) in [5.41, 5.74) is 2.23. The molecule has 0 saturated heterocycles. The predicted molar refractivity (Wildman–Crippen MR) is 80.7 cm³/mol. The molecule has 1 aliphatic rings. The third kappa shape index (κ3) is 2.60. The van der Waals surface area contributed by atoms with E-state index in [2.05, 4.69) is 31.3 Å². The van der Waals surface area contributed by atoms with E-state index in [4.69, 9.17) is 4.42 Å². The van der Waals surface area contributed by atoms with Crippen molar-refractivity contribution in [2.24, 2.45) is 5.92 Å². The van der Waals surface area contributed by atoms with Crippen LogP contribution in [-0.2, 0) is 6.42 Å². The lowest BCUT2D eigenvalue weighted by molar-refractivity contribution is 0.144. The van der Waals surface area contributed by atoms with Crippen LogP contribution in [0.1, 0.15) is 44.1 Å². The Morgan fingerprint density at radius 3 is 2.80 bits per heavy atom. The second kappa shape index (κ2) is 5.58. The fraction of sp³-hybridized carbons (Fsp3) is 0.529. The molecule has 1 heterocycles. The van der Waals surface area contributed by atoms with Crippen LogP contribution < -0.4 is 5.32 Å². The number of fused-ring (bicyclic) bond motifs is 1. The fourth-order valence-electron chi connectivity index (χ4n) is 2.87. The second-order valence-electron chi connectivity index (χ2n) is 5.83. The average molecular weight is 273 g/mol. The Hall–Kier alpha value is -1.32. The Bertz CT molecular complexity index is 586. The van der Waals surface area contributed by atoms with E-state index in [9.17, 15) is 5.11 Å². The summed E-state index contributed by atoms with van der Waals surface area (Å²) in [6.07, 6.45) is 3.08. The van der Waals surface area contributed by atoms with Crippen LogP contribution in [0.25, 0.3) is 11.0 Å². The number of rotatable bonds is 6. The van der Waals surface area contributed by atoms with Crippen LogP contribution in [0.5, 0.6) is 0 Å². The van der Waals surface area contributed by atoms with Crippen molar-refractivity contribution in [2.75, 3.05) is 6.54 Å². The molecule has 20 heavy (non-hydrogen) atoms. The summed E-state index contributed by atoms with van der Waals surface area (Å²) in [4.78, 5) is 0. The van der Waals surface area contributed by atoms with Gasteiger partial charge in [0.05, 0.1) is 12.1 Å². The molecule has 108 valence electrons. The van der Waals surface area contributed by atoms with Gasteiger partial charge in [-0.05, 0) is 38.2 Å². The largest absolute Gasteiger partial charge is 0.459 e. The molecule has 1 aliphatic carbocycles. The maximum absolute atomic E-state index is 9.96. The van der Waals surface area contributed by atoms with Crippen molar-refractivity contribution in [3.8, 4) is 0 Å². The number of benzene rings is 1. The van der Waals surface area contributed by atoms with Gasteiger partial charge in [-0.3, -0.25) is 0 Å². The van der Waals surface area contributed by atoms with E-state index in [0.717, 1.165) is 17.8 Å². The zero-order valence-corrected chi connectivity index (χ0v) is 12.2. The number of aryl methyl sites for hydroxylation is 1. The Labute approximate surface area is 120 Å². The zero-order valence-electron chi connectivity index (χ0n) is 12.2. The highest BCUT2D eigenvalue weighted by Gasteiger charge is 2.30. The molecule has 1 aromatic heterocycles. The minimum atomic E-state index is -0.216. The number of hydrogen-bond acceptors (Lipinski definition) is 3. The van der Waals surface area contributed by atoms with Crippen molar-refractivity contribution in [3.63, 3.8) is 0 Å². The molecule has 1 saturated carbocycles. The lowest BCUT2D eigenvalue weighted by Crippen LogP contribution is -2.30. The maximum Gasteiger partial charge on any atom is 0.134 e.